The smallest absolute Gasteiger partial charge is 0.275 e. The van der Waals surface area contributed by atoms with Gasteiger partial charge in [0.25, 0.3) is 5.91 Å². The van der Waals surface area contributed by atoms with Crippen molar-refractivity contribution in [1.82, 2.24) is 20.2 Å². The van der Waals surface area contributed by atoms with E-state index in [-0.39, 0.29) is 11.7 Å². The fourth-order valence-corrected chi connectivity index (χ4v) is 2.90. The summed E-state index contributed by atoms with van der Waals surface area (Å²) in [5.74, 6) is 1.18. The lowest BCUT2D eigenvalue weighted by molar-refractivity contribution is 0.102. The number of aromatic hydroxyl groups is 1. The van der Waals surface area contributed by atoms with Crippen molar-refractivity contribution in [3.8, 4) is 28.5 Å². The number of carbonyl (C=O) groups excluding carboxylic acids is 1. The molecule has 0 unspecified atom stereocenters. The third kappa shape index (κ3) is 3.31. The lowest BCUT2D eigenvalue weighted by Crippen LogP contribution is -2.11. The first-order valence-corrected chi connectivity index (χ1v) is 8.65. The second-order valence-corrected chi connectivity index (χ2v) is 6.19. The Balaban J connectivity index is 1.50. The number of rotatable bonds is 4. The maximum absolute atomic E-state index is 12.0. The first kappa shape index (κ1) is 16.0. The Bertz CT molecular complexity index is 1020. The van der Waals surface area contributed by atoms with Crippen LogP contribution in [0.15, 0.2) is 59.4 Å². The first-order valence-electron chi connectivity index (χ1n) is 7.71. The SMILES string of the molecule is O=C(Nc1ccc(-c2nnc(-c3ccc(O)cc3)[nH]2)cc1)c1cscn1. The largest absolute Gasteiger partial charge is 0.508 e. The summed E-state index contributed by atoms with van der Waals surface area (Å²) in [5, 5.41) is 22.1. The molecule has 7 nitrogen and oxygen atoms in total. The van der Waals surface area contributed by atoms with Crippen molar-refractivity contribution in [2.45, 2.75) is 0 Å². The van der Waals surface area contributed by atoms with Gasteiger partial charge in [0, 0.05) is 22.2 Å². The number of phenols is 1. The number of phenolic OH excluding ortho intramolecular Hbond substituents is 1. The Morgan fingerprint density at radius 3 is 2.15 bits per heavy atom. The molecule has 1 amide bonds. The van der Waals surface area contributed by atoms with E-state index < -0.39 is 0 Å². The van der Waals surface area contributed by atoms with Gasteiger partial charge in [0.2, 0.25) is 0 Å². The molecular formula is C18H13N5O2S. The molecule has 0 bridgehead atoms. The molecule has 3 N–H and O–H groups in total. The Labute approximate surface area is 152 Å². The number of aromatic nitrogens is 4. The van der Waals surface area contributed by atoms with Crippen molar-refractivity contribution in [3.05, 3.63) is 65.1 Å². The summed E-state index contributed by atoms with van der Waals surface area (Å²) in [6.07, 6.45) is 0. The van der Waals surface area contributed by atoms with Gasteiger partial charge in [-0.1, -0.05) is 0 Å². The van der Waals surface area contributed by atoms with Crippen LogP contribution in [0.3, 0.4) is 0 Å². The Morgan fingerprint density at radius 2 is 1.58 bits per heavy atom. The highest BCUT2D eigenvalue weighted by Gasteiger charge is 2.10. The summed E-state index contributed by atoms with van der Waals surface area (Å²) in [5.41, 5.74) is 4.36. The van der Waals surface area contributed by atoms with Gasteiger partial charge >= 0.3 is 0 Å². The van der Waals surface area contributed by atoms with Gasteiger partial charge in [-0.25, -0.2) is 4.98 Å². The number of nitrogens with one attached hydrogen (secondary N) is 2. The average Bonchev–Trinajstić information content (AvgIpc) is 3.35. The quantitative estimate of drug-likeness (QED) is 0.514. The molecule has 128 valence electrons. The Morgan fingerprint density at radius 1 is 0.962 bits per heavy atom. The number of carbonyl (C=O) groups is 1. The van der Waals surface area contributed by atoms with E-state index in [1.54, 1.807) is 47.3 Å². The van der Waals surface area contributed by atoms with Crippen LogP contribution >= 0.6 is 11.3 Å². The first-order chi connectivity index (χ1) is 12.7. The molecule has 0 aliphatic rings. The molecule has 4 aromatic rings. The summed E-state index contributed by atoms with van der Waals surface area (Å²) >= 11 is 1.37. The van der Waals surface area contributed by atoms with Crippen LogP contribution in [0, 0.1) is 0 Å². The van der Waals surface area contributed by atoms with Gasteiger partial charge < -0.3 is 15.4 Å². The third-order valence-corrected chi connectivity index (χ3v) is 4.30. The van der Waals surface area contributed by atoms with Gasteiger partial charge in [-0.2, -0.15) is 0 Å². The lowest BCUT2D eigenvalue weighted by atomic mass is 10.2. The van der Waals surface area contributed by atoms with E-state index in [0.29, 0.717) is 23.0 Å². The zero-order valence-corrected chi connectivity index (χ0v) is 14.2. The van der Waals surface area contributed by atoms with Crippen molar-refractivity contribution in [1.29, 1.82) is 0 Å². The molecule has 4 rings (SSSR count). The van der Waals surface area contributed by atoms with E-state index in [1.165, 1.54) is 11.3 Å². The summed E-state index contributed by atoms with van der Waals surface area (Å²) in [4.78, 5) is 19.1. The normalized spacial score (nSPS) is 10.6. The third-order valence-electron chi connectivity index (χ3n) is 3.71. The molecule has 0 aliphatic heterocycles. The second kappa shape index (κ2) is 6.77. The maximum atomic E-state index is 12.0. The highest BCUT2D eigenvalue weighted by Crippen LogP contribution is 2.23. The van der Waals surface area contributed by atoms with Crippen LogP contribution in [-0.4, -0.2) is 31.2 Å². The zero-order chi connectivity index (χ0) is 17.9. The zero-order valence-electron chi connectivity index (χ0n) is 13.4. The number of hydrogen-bond acceptors (Lipinski definition) is 6. The molecule has 8 heteroatoms. The summed E-state index contributed by atoms with van der Waals surface area (Å²) < 4.78 is 0. The fraction of sp³-hybridized carbons (Fsp3) is 0. The van der Waals surface area contributed by atoms with Crippen LogP contribution in [0.1, 0.15) is 10.5 Å². The molecule has 0 saturated heterocycles. The van der Waals surface area contributed by atoms with Gasteiger partial charge in [0.15, 0.2) is 11.6 Å². The lowest BCUT2D eigenvalue weighted by Gasteiger charge is -2.04. The molecule has 2 aromatic heterocycles. The highest BCUT2D eigenvalue weighted by atomic mass is 32.1. The minimum atomic E-state index is -0.242. The second-order valence-electron chi connectivity index (χ2n) is 5.47. The number of aromatic amines is 1. The molecular weight excluding hydrogens is 350 g/mol. The van der Waals surface area contributed by atoms with E-state index in [0.717, 1.165) is 11.1 Å². The van der Waals surface area contributed by atoms with Crippen molar-refractivity contribution in [2.24, 2.45) is 0 Å². The number of thiazole rings is 1. The molecule has 0 atom stereocenters. The van der Waals surface area contributed by atoms with Crippen molar-refractivity contribution in [2.75, 3.05) is 5.32 Å². The van der Waals surface area contributed by atoms with Crippen LogP contribution in [-0.2, 0) is 0 Å². The molecule has 2 heterocycles. The fourth-order valence-electron chi connectivity index (χ4n) is 2.37. The number of hydrogen-bond donors (Lipinski definition) is 3. The number of H-pyrrole nitrogens is 1. The van der Waals surface area contributed by atoms with Crippen LogP contribution in [0.4, 0.5) is 5.69 Å². The summed E-state index contributed by atoms with van der Waals surface area (Å²) in [6.45, 7) is 0. The molecule has 0 fully saturated rings. The van der Waals surface area contributed by atoms with Crippen LogP contribution in [0.25, 0.3) is 22.8 Å². The minimum absolute atomic E-state index is 0.198. The van der Waals surface area contributed by atoms with E-state index >= 15 is 0 Å². The van der Waals surface area contributed by atoms with E-state index in [9.17, 15) is 9.90 Å². The van der Waals surface area contributed by atoms with E-state index in [4.69, 9.17) is 0 Å². The Hall–Kier alpha value is -3.52. The van der Waals surface area contributed by atoms with Gasteiger partial charge in [-0.05, 0) is 48.5 Å². The molecule has 0 spiro atoms. The minimum Gasteiger partial charge on any atom is -0.508 e. The van der Waals surface area contributed by atoms with E-state index in [2.05, 4.69) is 25.5 Å². The average molecular weight is 363 g/mol. The van der Waals surface area contributed by atoms with Crippen LogP contribution in [0.5, 0.6) is 5.75 Å². The number of anilines is 1. The topological polar surface area (TPSA) is 104 Å². The maximum Gasteiger partial charge on any atom is 0.275 e. The van der Waals surface area contributed by atoms with Crippen molar-refractivity contribution in [3.63, 3.8) is 0 Å². The predicted octanol–water partition coefficient (Wildman–Crippen LogP) is 3.55. The molecule has 0 saturated carbocycles. The summed E-state index contributed by atoms with van der Waals surface area (Å²) in [6, 6.07) is 14.0. The number of nitrogens with zero attached hydrogens (tertiary/aromatic N) is 3. The molecule has 2 aromatic carbocycles. The van der Waals surface area contributed by atoms with Crippen molar-refractivity contribution >= 4 is 22.9 Å². The van der Waals surface area contributed by atoms with Gasteiger partial charge in [0.1, 0.15) is 11.4 Å². The van der Waals surface area contributed by atoms with Crippen molar-refractivity contribution < 1.29 is 9.90 Å². The monoisotopic (exact) mass is 363 g/mol. The highest BCUT2D eigenvalue weighted by molar-refractivity contribution is 7.07. The molecule has 26 heavy (non-hydrogen) atoms. The number of benzene rings is 2. The Kier molecular flexibility index (Phi) is 4.16. The van der Waals surface area contributed by atoms with Gasteiger partial charge in [0.05, 0.1) is 5.51 Å². The standard InChI is InChI=1S/C18H13N5O2S/c24-14-7-3-12(4-8-14)17-21-16(22-23-17)11-1-5-13(6-2-11)20-18(25)15-9-26-10-19-15/h1-10,24H,(H,20,25)(H,21,22,23). The van der Waals surface area contributed by atoms with Gasteiger partial charge in [-0.15, -0.1) is 21.5 Å². The predicted molar refractivity (Wildman–Crippen MR) is 99.0 cm³/mol. The van der Waals surface area contributed by atoms with Crippen LogP contribution in [0.2, 0.25) is 0 Å². The molecule has 0 aliphatic carbocycles. The molecule has 0 radical (unpaired) electrons. The summed E-state index contributed by atoms with van der Waals surface area (Å²) in [7, 11) is 0. The van der Waals surface area contributed by atoms with Crippen LogP contribution < -0.4 is 5.32 Å². The van der Waals surface area contributed by atoms with Gasteiger partial charge in [-0.3, -0.25) is 4.79 Å². The van der Waals surface area contributed by atoms with E-state index in [1.807, 2.05) is 12.1 Å². The number of amides is 1.